The van der Waals surface area contributed by atoms with E-state index >= 15 is 0 Å². The summed E-state index contributed by atoms with van der Waals surface area (Å²) in [6.07, 6.45) is 50.0. The second-order valence-electron chi connectivity index (χ2n) is 37.3. The zero-order valence-corrected chi connectivity index (χ0v) is 89.5. The van der Waals surface area contributed by atoms with Crippen molar-refractivity contribution in [2.24, 2.45) is 0 Å². The molecular weight excluding hydrogens is 1760 g/mol. The molecule has 0 N–H and O–H groups in total. The molecule has 0 heterocycles. The standard InChI is InChI=1S/C128H172N2O12/c1-13-25-37-49-77-131-117-73-75-119(133-79-51-39-27-15-3)105(91-117)65-67-109-95-127(141-87-59-47-35-23-11)113(99-125(109)139-85-57-45-33-21-9)71-69-111-97-121(135-81-53-41-29-17-5)107(93-123(111)137-83-55-43-31-19-7)63-61-103-89-116(102-130)104(90-115(103)101-129)62-64-108-94-124(138-84-56-44-32-20-8)112(98-122(108)136-82-54-42-30-18-6)70-72-114-100-126(140-86-58-46-34-22-10)110(96-128(114)142-88-60-48-36-24-12)68-66-106-92-118(132-78-50-38-26-14-2)74-76-120(106)134-80-52-40-28-16-4/h73-76,89-100H,13-60,77-88H2,1-12H3. The summed E-state index contributed by atoms with van der Waals surface area (Å²) in [5.41, 5.74) is 7.67. The third kappa shape index (κ3) is 46.2. The fourth-order valence-corrected chi connectivity index (χ4v) is 16.0. The first-order valence-electron chi connectivity index (χ1n) is 55.6. The molecule has 0 amide bonds. The zero-order chi connectivity index (χ0) is 101. The van der Waals surface area contributed by atoms with Gasteiger partial charge in [0, 0.05) is 59.7 Å². The first-order chi connectivity index (χ1) is 69.9. The maximum absolute atomic E-state index is 11.2. The molecule has 7 aromatic rings. The minimum absolute atomic E-state index is 0.246. The summed E-state index contributed by atoms with van der Waals surface area (Å²) in [7, 11) is 0. The summed E-state index contributed by atoms with van der Waals surface area (Å²) in [5.74, 6) is 49.5. The van der Waals surface area contributed by atoms with Crippen molar-refractivity contribution in [3.8, 4) is 152 Å². The maximum Gasteiger partial charge on any atom is 0.136 e. The highest BCUT2D eigenvalue weighted by Crippen LogP contribution is 2.38. The summed E-state index contributed by atoms with van der Waals surface area (Å²) in [6.45, 7) is 32.8. The van der Waals surface area contributed by atoms with Crippen molar-refractivity contribution < 1.29 is 56.8 Å². The molecule has 0 radical (unpaired) electrons. The molecule has 0 saturated carbocycles. The molecule has 0 fully saturated rings. The summed E-state index contributed by atoms with van der Waals surface area (Å²) < 4.78 is 80.1. The van der Waals surface area contributed by atoms with Gasteiger partial charge in [-0.3, -0.25) is 0 Å². The Balaban J connectivity index is 1.39. The summed E-state index contributed by atoms with van der Waals surface area (Å²) in [5, 5.41) is 22.4. The van der Waals surface area contributed by atoms with Crippen LogP contribution in [0.4, 0.5) is 0 Å². The van der Waals surface area contributed by atoms with Crippen LogP contribution in [0.1, 0.15) is 469 Å². The van der Waals surface area contributed by atoms with Crippen molar-refractivity contribution in [1.82, 2.24) is 0 Å². The quantitative estimate of drug-likeness (QED) is 0.0262. The van der Waals surface area contributed by atoms with Crippen LogP contribution in [0, 0.1) is 93.7 Å². The van der Waals surface area contributed by atoms with Crippen molar-refractivity contribution in [1.29, 1.82) is 10.5 Å². The highest BCUT2D eigenvalue weighted by Gasteiger charge is 2.21. The normalized spacial score (nSPS) is 10.6. The molecule has 766 valence electrons. The van der Waals surface area contributed by atoms with E-state index in [4.69, 9.17) is 56.8 Å². The van der Waals surface area contributed by atoms with Gasteiger partial charge in [0.25, 0.3) is 0 Å². The lowest BCUT2D eigenvalue weighted by Gasteiger charge is -2.15. The molecule has 7 aromatic carbocycles. The minimum Gasteiger partial charge on any atom is -0.494 e. The number of nitrogens with zero attached hydrogens (tertiary/aromatic N) is 2. The number of unbranched alkanes of at least 4 members (excludes halogenated alkanes) is 36. The molecular formula is C128H172N2O12. The second-order valence-corrected chi connectivity index (χ2v) is 37.3. The van der Waals surface area contributed by atoms with Crippen LogP contribution in [0.25, 0.3) is 0 Å². The number of hydrogen-bond acceptors (Lipinski definition) is 14. The Hall–Kier alpha value is -11.5. The predicted octanol–water partition coefficient (Wildman–Crippen LogP) is 33.3. The molecule has 0 aliphatic carbocycles. The van der Waals surface area contributed by atoms with Crippen LogP contribution in [0.5, 0.6) is 69.0 Å². The van der Waals surface area contributed by atoms with Gasteiger partial charge in [-0.15, -0.1) is 0 Å². The first kappa shape index (κ1) is 117. The number of hydrogen-bond donors (Lipinski definition) is 0. The first-order valence-corrected chi connectivity index (χ1v) is 55.6. The molecule has 7 rings (SSSR count). The molecule has 0 aliphatic rings. The van der Waals surface area contributed by atoms with Crippen LogP contribution in [-0.2, 0) is 0 Å². The Kier molecular flexibility index (Phi) is 62.3. The van der Waals surface area contributed by atoms with Crippen molar-refractivity contribution in [3.63, 3.8) is 0 Å². The largest absolute Gasteiger partial charge is 0.494 e. The number of benzene rings is 7. The SMILES string of the molecule is CCCCCCOc1ccc(OCCCCCC)c(C#Cc2cc(OCCCCCC)c(C#Cc3cc(OCCCCCC)c(C#Cc4cc(C#N)c(C#Cc5cc(OCCCCCC)c(C#Cc6cc(OCCCCCC)c(C#Cc7cc(OCCCCCC)ccc7OCCCCCC)cc6OCCCCCC)cc5OCCCCCC)cc4C#N)cc3OCCCCCC)cc2OCCCCCC)c1. The molecule has 0 spiro atoms. The zero-order valence-electron chi connectivity index (χ0n) is 89.5. The van der Waals surface area contributed by atoms with Crippen molar-refractivity contribution in [2.45, 2.75) is 391 Å². The highest BCUT2D eigenvalue weighted by molar-refractivity contribution is 5.69. The van der Waals surface area contributed by atoms with Crippen LogP contribution in [0.2, 0.25) is 0 Å². The van der Waals surface area contributed by atoms with Gasteiger partial charge in [-0.1, -0.05) is 385 Å². The van der Waals surface area contributed by atoms with E-state index in [1.165, 1.54) is 12.8 Å². The average Bonchev–Trinajstić information content (AvgIpc) is 0.807. The number of rotatable bonds is 72. The maximum atomic E-state index is 11.2. The lowest BCUT2D eigenvalue weighted by molar-refractivity contribution is 0.295. The molecule has 0 saturated heterocycles. The van der Waals surface area contributed by atoms with Crippen molar-refractivity contribution in [3.05, 3.63) is 175 Å². The lowest BCUT2D eigenvalue weighted by Crippen LogP contribution is -2.04. The average molecular weight is 1930 g/mol. The molecule has 142 heavy (non-hydrogen) atoms. The Labute approximate surface area is 859 Å². The van der Waals surface area contributed by atoms with Gasteiger partial charge < -0.3 is 56.8 Å². The second kappa shape index (κ2) is 75.3. The Morgan fingerprint density at radius 1 is 0.141 bits per heavy atom. The van der Waals surface area contributed by atoms with Gasteiger partial charge >= 0.3 is 0 Å². The molecule has 0 aliphatic heterocycles. The van der Waals surface area contributed by atoms with Gasteiger partial charge in [0.15, 0.2) is 0 Å². The number of nitriles is 2. The third-order valence-electron chi connectivity index (χ3n) is 24.7. The lowest BCUT2D eigenvalue weighted by atomic mass is 9.99. The van der Waals surface area contributed by atoms with E-state index < -0.39 is 0 Å². The van der Waals surface area contributed by atoms with Crippen LogP contribution in [0.15, 0.2) is 97.1 Å². The van der Waals surface area contributed by atoms with Gasteiger partial charge in [0.2, 0.25) is 0 Å². The van der Waals surface area contributed by atoms with E-state index in [-0.39, 0.29) is 11.1 Å². The van der Waals surface area contributed by atoms with Gasteiger partial charge in [0.05, 0.1) is 146 Å². The number of ether oxygens (including phenoxy) is 12. The molecule has 0 bridgehead atoms. The van der Waals surface area contributed by atoms with E-state index in [1.54, 1.807) is 12.1 Å². The smallest absolute Gasteiger partial charge is 0.136 e. The topological polar surface area (TPSA) is 158 Å². The predicted molar refractivity (Wildman–Crippen MR) is 586 cm³/mol. The van der Waals surface area contributed by atoms with E-state index in [2.05, 4.69) is 166 Å². The van der Waals surface area contributed by atoms with Crippen LogP contribution < -0.4 is 56.8 Å². The summed E-state index contributed by atoms with van der Waals surface area (Å²) in [6, 6.07) is 35.8. The molecule has 0 atom stereocenters. The van der Waals surface area contributed by atoms with E-state index in [9.17, 15) is 10.5 Å². The summed E-state index contributed by atoms with van der Waals surface area (Å²) in [4.78, 5) is 0. The molecule has 14 nitrogen and oxygen atoms in total. The van der Waals surface area contributed by atoms with E-state index in [0.29, 0.717) is 181 Å². The van der Waals surface area contributed by atoms with Crippen LogP contribution >= 0.6 is 0 Å². The highest BCUT2D eigenvalue weighted by atomic mass is 16.5. The van der Waals surface area contributed by atoms with E-state index in [0.717, 1.165) is 329 Å². The van der Waals surface area contributed by atoms with Gasteiger partial charge in [0.1, 0.15) is 81.1 Å². The van der Waals surface area contributed by atoms with Crippen molar-refractivity contribution >= 4 is 0 Å². The summed E-state index contributed by atoms with van der Waals surface area (Å²) >= 11 is 0. The van der Waals surface area contributed by atoms with Gasteiger partial charge in [-0.25, -0.2) is 0 Å². The van der Waals surface area contributed by atoms with Gasteiger partial charge in [-0.2, -0.15) is 10.5 Å². The van der Waals surface area contributed by atoms with Crippen LogP contribution in [-0.4, -0.2) is 79.3 Å². The molecule has 14 heteroatoms. The van der Waals surface area contributed by atoms with Crippen LogP contribution in [0.3, 0.4) is 0 Å². The third-order valence-corrected chi connectivity index (χ3v) is 24.7. The fraction of sp³-hybridized carbons (Fsp3) is 0.562. The molecule has 0 aromatic heterocycles. The van der Waals surface area contributed by atoms with E-state index in [1.807, 2.05) is 84.9 Å². The molecule has 0 unspecified atom stereocenters. The van der Waals surface area contributed by atoms with Gasteiger partial charge in [-0.05, 0) is 126 Å². The fourth-order valence-electron chi connectivity index (χ4n) is 16.0. The Morgan fingerprint density at radius 3 is 0.437 bits per heavy atom. The monoisotopic (exact) mass is 1930 g/mol. The Morgan fingerprint density at radius 2 is 0.282 bits per heavy atom. The van der Waals surface area contributed by atoms with Crippen molar-refractivity contribution in [2.75, 3.05) is 79.3 Å². The minimum atomic E-state index is 0.246. The Bertz CT molecular complexity index is 4960.